The van der Waals surface area contributed by atoms with Crippen molar-refractivity contribution in [1.82, 2.24) is 0 Å². The molecule has 0 bridgehead atoms. The van der Waals surface area contributed by atoms with Crippen molar-refractivity contribution in [2.24, 2.45) is 0 Å². The molecule has 0 saturated heterocycles. The number of ether oxygens (including phenoxy) is 2. The molecule has 124 valence electrons. The third kappa shape index (κ3) is 3.78. The normalized spacial score (nSPS) is 9.96. The summed E-state index contributed by atoms with van der Waals surface area (Å²) in [5.74, 6) is -1.30. The van der Waals surface area contributed by atoms with Crippen LogP contribution in [0, 0.1) is 6.92 Å². The summed E-state index contributed by atoms with van der Waals surface area (Å²) in [4.78, 5) is 35.3. The maximum Gasteiger partial charge on any atom is 0.337 e. The molecule has 0 aliphatic rings. The Kier molecular flexibility index (Phi) is 5.31. The highest BCUT2D eigenvalue weighted by Gasteiger charge is 2.12. The Bertz CT molecular complexity index is 780. The molecular weight excluding hydrogens is 310 g/mol. The number of hydrogen-bond donors (Lipinski definition) is 1. The van der Waals surface area contributed by atoms with Gasteiger partial charge in [0.25, 0.3) is 5.91 Å². The first kappa shape index (κ1) is 17.2. The van der Waals surface area contributed by atoms with E-state index in [0.717, 1.165) is 5.56 Å². The molecule has 0 fully saturated rings. The van der Waals surface area contributed by atoms with Crippen molar-refractivity contribution in [3.05, 3.63) is 64.7 Å². The Hall–Kier alpha value is -3.15. The number of nitrogens with one attached hydrogen (secondary N) is 1. The van der Waals surface area contributed by atoms with E-state index in [0.29, 0.717) is 22.4 Å². The molecule has 6 heteroatoms. The Labute approximate surface area is 139 Å². The second kappa shape index (κ2) is 7.41. The van der Waals surface area contributed by atoms with Crippen LogP contribution in [-0.4, -0.2) is 32.1 Å². The Balaban J connectivity index is 2.20. The van der Waals surface area contributed by atoms with Gasteiger partial charge in [-0.05, 0) is 48.9 Å². The Morgan fingerprint density at radius 1 is 0.792 bits per heavy atom. The number of carbonyl (C=O) groups excluding carboxylic acids is 3. The predicted molar refractivity (Wildman–Crippen MR) is 88.3 cm³/mol. The number of benzene rings is 2. The number of anilines is 1. The van der Waals surface area contributed by atoms with Crippen molar-refractivity contribution in [3.63, 3.8) is 0 Å². The zero-order chi connectivity index (χ0) is 17.7. The van der Waals surface area contributed by atoms with Crippen LogP contribution in [0.25, 0.3) is 0 Å². The summed E-state index contributed by atoms with van der Waals surface area (Å²) in [5.41, 5.74) is 2.41. The number of aryl methyl sites for hydroxylation is 1. The smallest absolute Gasteiger partial charge is 0.337 e. The van der Waals surface area contributed by atoms with Gasteiger partial charge in [-0.2, -0.15) is 0 Å². The van der Waals surface area contributed by atoms with Crippen LogP contribution in [0.1, 0.15) is 36.6 Å². The van der Waals surface area contributed by atoms with E-state index in [9.17, 15) is 14.4 Å². The minimum Gasteiger partial charge on any atom is -0.465 e. The molecule has 0 atom stereocenters. The molecular formula is C18H17NO5. The van der Waals surface area contributed by atoms with E-state index in [1.807, 2.05) is 6.92 Å². The average Bonchev–Trinajstić information content (AvgIpc) is 2.62. The molecule has 1 N–H and O–H groups in total. The summed E-state index contributed by atoms with van der Waals surface area (Å²) in [6.07, 6.45) is 0. The number of esters is 2. The monoisotopic (exact) mass is 327 g/mol. The first-order valence-corrected chi connectivity index (χ1v) is 7.15. The maximum atomic E-state index is 12.3. The van der Waals surface area contributed by atoms with Gasteiger partial charge in [-0.3, -0.25) is 4.79 Å². The number of amides is 1. The molecule has 2 aromatic carbocycles. The topological polar surface area (TPSA) is 81.7 Å². The van der Waals surface area contributed by atoms with E-state index >= 15 is 0 Å². The molecule has 0 spiro atoms. The molecule has 0 unspecified atom stereocenters. The Morgan fingerprint density at radius 3 is 1.88 bits per heavy atom. The van der Waals surface area contributed by atoms with E-state index in [-0.39, 0.29) is 5.91 Å². The molecule has 6 nitrogen and oxygen atoms in total. The van der Waals surface area contributed by atoms with Crippen LogP contribution in [0.4, 0.5) is 5.69 Å². The SMILES string of the molecule is COC(=O)c1ccc(C(=O)Nc2cc(C(=O)OC)ccc2C)cc1. The minimum absolute atomic E-state index is 0.347. The van der Waals surface area contributed by atoms with Gasteiger partial charge in [0.05, 0.1) is 25.3 Å². The summed E-state index contributed by atoms with van der Waals surface area (Å²) in [5, 5.41) is 2.75. The summed E-state index contributed by atoms with van der Waals surface area (Å²) in [6, 6.07) is 11.0. The average molecular weight is 327 g/mol. The molecule has 24 heavy (non-hydrogen) atoms. The first-order chi connectivity index (χ1) is 11.5. The van der Waals surface area contributed by atoms with E-state index in [4.69, 9.17) is 0 Å². The fourth-order valence-corrected chi connectivity index (χ4v) is 2.07. The van der Waals surface area contributed by atoms with Gasteiger partial charge in [0, 0.05) is 11.3 Å². The van der Waals surface area contributed by atoms with E-state index in [1.165, 1.54) is 38.5 Å². The first-order valence-electron chi connectivity index (χ1n) is 7.15. The highest BCUT2D eigenvalue weighted by atomic mass is 16.5. The summed E-state index contributed by atoms with van der Waals surface area (Å²) in [7, 11) is 2.59. The van der Waals surface area contributed by atoms with E-state index in [2.05, 4.69) is 14.8 Å². The molecule has 2 aromatic rings. The standard InChI is InChI=1S/C18H17NO5/c1-11-4-5-14(18(22)24-3)10-15(11)19-16(20)12-6-8-13(9-7-12)17(21)23-2/h4-10H,1-3H3,(H,19,20). The van der Waals surface area contributed by atoms with E-state index in [1.54, 1.807) is 18.2 Å². The van der Waals surface area contributed by atoms with Crippen LogP contribution < -0.4 is 5.32 Å². The number of carbonyl (C=O) groups is 3. The van der Waals surface area contributed by atoms with Crippen LogP contribution in [0.3, 0.4) is 0 Å². The molecule has 0 aliphatic carbocycles. The summed E-state index contributed by atoms with van der Waals surface area (Å²) < 4.78 is 9.28. The van der Waals surface area contributed by atoms with Crippen LogP contribution in [0.2, 0.25) is 0 Å². The minimum atomic E-state index is -0.479. The van der Waals surface area contributed by atoms with Crippen molar-refractivity contribution in [2.45, 2.75) is 6.92 Å². The third-order valence-corrected chi connectivity index (χ3v) is 3.48. The third-order valence-electron chi connectivity index (χ3n) is 3.48. The van der Waals surface area contributed by atoms with Gasteiger partial charge in [-0.1, -0.05) is 6.07 Å². The van der Waals surface area contributed by atoms with Gasteiger partial charge in [0.1, 0.15) is 0 Å². The van der Waals surface area contributed by atoms with Crippen LogP contribution >= 0.6 is 0 Å². The van der Waals surface area contributed by atoms with Crippen LogP contribution in [0.15, 0.2) is 42.5 Å². The van der Waals surface area contributed by atoms with Crippen molar-refractivity contribution < 1.29 is 23.9 Å². The lowest BCUT2D eigenvalue weighted by molar-refractivity contribution is 0.0592. The lowest BCUT2D eigenvalue weighted by Crippen LogP contribution is -2.14. The number of methoxy groups -OCH3 is 2. The van der Waals surface area contributed by atoms with Gasteiger partial charge in [-0.15, -0.1) is 0 Å². The summed E-state index contributed by atoms with van der Waals surface area (Å²) in [6.45, 7) is 1.82. The molecule has 0 aliphatic heterocycles. The molecule has 0 heterocycles. The van der Waals surface area contributed by atoms with Crippen molar-refractivity contribution >= 4 is 23.5 Å². The quantitative estimate of drug-likeness (QED) is 0.873. The fourth-order valence-electron chi connectivity index (χ4n) is 2.07. The molecule has 0 radical (unpaired) electrons. The molecule has 0 aromatic heterocycles. The predicted octanol–water partition coefficient (Wildman–Crippen LogP) is 2.82. The Morgan fingerprint density at radius 2 is 1.29 bits per heavy atom. The zero-order valence-corrected chi connectivity index (χ0v) is 13.6. The summed E-state index contributed by atoms with van der Waals surface area (Å²) >= 11 is 0. The maximum absolute atomic E-state index is 12.3. The van der Waals surface area contributed by atoms with E-state index < -0.39 is 11.9 Å². The van der Waals surface area contributed by atoms with Crippen LogP contribution in [0.5, 0.6) is 0 Å². The largest absolute Gasteiger partial charge is 0.465 e. The van der Waals surface area contributed by atoms with Crippen molar-refractivity contribution in [2.75, 3.05) is 19.5 Å². The highest BCUT2D eigenvalue weighted by molar-refractivity contribution is 6.05. The lowest BCUT2D eigenvalue weighted by Gasteiger charge is -2.10. The number of rotatable bonds is 4. The van der Waals surface area contributed by atoms with Gasteiger partial charge < -0.3 is 14.8 Å². The lowest BCUT2D eigenvalue weighted by atomic mass is 10.1. The second-order valence-electron chi connectivity index (χ2n) is 5.04. The van der Waals surface area contributed by atoms with Gasteiger partial charge >= 0.3 is 11.9 Å². The van der Waals surface area contributed by atoms with Crippen LogP contribution in [-0.2, 0) is 9.47 Å². The highest BCUT2D eigenvalue weighted by Crippen LogP contribution is 2.19. The van der Waals surface area contributed by atoms with Crippen molar-refractivity contribution in [1.29, 1.82) is 0 Å². The van der Waals surface area contributed by atoms with Crippen molar-refractivity contribution in [3.8, 4) is 0 Å². The van der Waals surface area contributed by atoms with Gasteiger partial charge in [-0.25, -0.2) is 9.59 Å². The molecule has 2 rings (SSSR count). The van der Waals surface area contributed by atoms with Gasteiger partial charge in [0.2, 0.25) is 0 Å². The second-order valence-corrected chi connectivity index (χ2v) is 5.04. The van der Waals surface area contributed by atoms with Gasteiger partial charge in [0.15, 0.2) is 0 Å². The molecule has 1 amide bonds. The zero-order valence-electron chi connectivity index (χ0n) is 13.6. The fraction of sp³-hybridized carbons (Fsp3) is 0.167. The number of hydrogen-bond acceptors (Lipinski definition) is 5. The molecule has 0 saturated carbocycles.